The Morgan fingerprint density at radius 3 is 2.74 bits per heavy atom. The average molecular weight is 256 g/mol. The maximum atomic E-state index is 6.09. The second-order valence-electron chi connectivity index (χ2n) is 4.89. The summed E-state index contributed by atoms with van der Waals surface area (Å²) in [5.41, 5.74) is 0.813. The van der Waals surface area contributed by atoms with Gasteiger partial charge in [0.15, 0.2) is 5.72 Å². The predicted molar refractivity (Wildman–Crippen MR) is 78.1 cm³/mol. The quantitative estimate of drug-likeness (QED) is 0.883. The van der Waals surface area contributed by atoms with Gasteiger partial charge in [-0.1, -0.05) is 42.5 Å². The predicted octanol–water partition coefficient (Wildman–Crippen LogP) is 2.22. The molecule has 2 aromatic carbocycles. The van der Waals surface area contributed by atoms with Crippen LogP contribution in [0, 0.1) is 0 Å². The number of rotatable bonds is 3. The molecule has 100 valence electrons. The van der Waals surface area contributed by atoms with Crippen LogP contribution in [0.2, 0.25) is 0 Å². The molecule has 0 amide bonds. The Bertz CT molecular complexity index is 551. The summed E-state index contributed by atoms with van der Waals surface area (Å²) in [6.07, 6.45) is 0. The number of ether oxygens (including phenoxy) is 1. The average Bonchev–Trinajstić information content (AvgIpc) is 2.48. The highest BCUT2D eigenvalue weighted by Crippen LogP contribution is 2.30. The zero-order chi connectivity index (χ0) is 13.1. The van der Waals surface area contributed by atoms with E-state index in [1.165, 1.54) is 16.3 Å². The molecular weight excluding hydrogens is 236 g/mol. The lowest BCUT2D eigenvalue weighted by atomic mass is 9.94. The fraction of sp³-hybridized carbons (Fsp3) is 0.375. The summed E-state index contributed by atoms with van der Waals surface area (Å²) < 4.78 is 6.09. The molecule has 3 heteroatoms. The summed E-state index contributed by atoms with van der Waals surface area (Å²) >= 11 is 0. The van der Waals surface area contributed by atoms with E-state index in [4.69, 9.17) is 4.74 Å². The molecule has 1 aliphatic heterocycles. The maximum Gasteiger partial charge on any atom is 0.158 e. The molecule has 0 spiro atoms. The van der Waals surface area contributed by atoms with Crippen molar-refractivity contribution in [2.24, 2.45) is 0 Å². The van der Waals surface area contributed by atoms with Crippen molar-refractivity contribution in [3.63, 3.8) is 0 Å². The zero-order valence-electron chi connectivity index (χ0n) is 11.3. The molecule has 3 rings (SSSR count). The summed E-state index contributed by atoms with van der Waals surface area (Å²) in [6.45, 7) is 5.44. The molecule has 19 heavy (non-hydrogen) atoms. The van der Waals surface area contributed by atoms with Gasteiger partial charge in [0, 0.05) is 31.8 Å². The van der Waals surface area contributed by atoms with Crippen molar-refractivity contribution in [3.8, 4) is 0 Å². The van der Waals surface area contributed by atoms with Crippen LogP contribution in [0.25, 0.3) is 10.8 Å². The van der Waals surface area contributed by atoms with Crippen LogP contribution in [0.5, 0.6) is 0 Å². The van der Waals surface area contributed by atoms with Crippen molar-refractivity contribution in [1.29, 1.82) is 0 Å². The van der Waals surface area contributed by atoms with Gasteiger partial charge in [-0.3, -0.25) is 5.32 Å². The van der Waals surface area contributed by atoms with E-state index in [-0.39, 0.29) is 0 Å². The fourth-order valence-corrected chi connectivity index (χ4v) is 2.87. The smallest absolute Gasteiger partial charge is 0.158 e. The minimum absolute atomic E-state index is 0.409. The van der Waals surface area contributed by atoms with Gasteiger partial charge >= 0.3 is 0 Å². The monoisotopic (exact) mass is 256 g/mol. The van der Waals surface area contributed by atoms with Crippen LogP contribution < -0.4 is 10.6 Å². The van der Waals surface area contributed by atoms with Gasteiger partial charge in [-0.25, -0.2) is 0 Å². The summed E-state index contributed by atoms with van der Waals surface area (Å²) in [4.78, 5) is 0. The molecule has 1 unspecified atom stereocenters. The molecule has 1 aliphatic rings. The SMILES string of the molecule is CCOC1(c2cccc3ccccc23)CNCCN1. The molecular formula is C16H20N2O. The van der Waals surface area contributed by atoms with Gasteiger partial charge in [0.2, 0.25) is 0 Å². The highest BCUT2D eigenvalue weighted by molar-refractivity contribution is 5.86. The lowest BCUT2D eigenvalue weighted by molar-refractivity contribution is -0.0776. The van der Waals surface area contributed by atoms with Crippen LogP contribution in [0.15, 0.2) is 42.5 Å². The summed E-state index contributed by atoms with van der Waals surface area (Å²) in [5.74, 6) is 0. The molecule has 0 aromatic heterocycles. The van der Waals surface area contributed by atoms with E-state index < -0.39 is 5.72 Å². The minimum atomic E-state index is -0.409. The number of nitrogens with one attached hydrogen (secondary N) is 2. The van der Waals surface area contributed by atoms with Crippen LogP contribution in [0.3, 0.4) is 0 Å². The summed E-state index contributed by atoms with van der Waals surface area (Å²) in [5, 5.41) is 9.51. The first-order chi connectivity index (χ1) is 9.36. The van der Waals surface area contributed by atoms with Crippen LogP contribution in [0.4, 0.5) is 0 Å². The first-order valence-electron chi connectivity index (χ1n) is 6.94. The van der Waals surface area contributed by atoms with Crippen molar-refractivity contribution < 1.29 is 4.74 Å². The van der Waals surface area contributed by atoms with Crippen LogP contribution in [0.1, 0.15) is 12.5 Å². The van der Waals surface area contributed by atoms with Crippen molar-refractivity contribution in [2.75, 3.05) is 26.2 Å². The van der Waals surface area contributed by atoms with Gasteiger partial charge in [0.1, 0.15) is 0 Å². The third kappa shape index (κ3) is 2.25. The number of hydrogen-bond donors (Lipinski definition) is 2. The Labute approximate surface area is 114 Å². The second-order valence-corrected chi connectivity index (χ2v) is 4.89. The van der Waals surface area contributed by atoms with E-state index in [2.05, 4.69) is 53.1 Å². The van der Waals surface area contributed by atoms with Gasteiger partial charge < -0.3 is 10.1 Å². The molecule has 3 nitrogen and oxygen atoms in total. The van der Waals surface area contributed by atoms with E-state index in [9.17, 15) is 0 Å². The summed E-state index contributed by atoms with van der Waals surface area (Å²) in [6, 6.07) is 14.9. The van der Waals surface area contributed by atoms with E-state index >= 15 is 0 Å². The first kappa shape index (κ1) is 12.6. The highest BCUT2D eigenvalue weighted by Gasteiger charge is 2.35. The van der Waals surface area contributed by atoms with Gasteiger partial charge in [0.25, 0.3) is 0 Å². The van der Waals surface area contributed by atoms with Gasteiger partial charge in [-0.2, -0.15) is 0 Å². The Morgan fingerprint density at radius 2 is 1.95 bits per heavy atom. The molecule has 2 aromatic rings. The molecule has 0 radical (unpaired) electrons. The van der Waals surface area contributed by atoms with Gasteiger partial charge in [0.05, 0.1) is 0 Å². The zero-order valence-corrected chi connectivity index (χ0v) is 11.3. The highest BCUT2D eigenvalue weighted by atomic mass is 16.5. The topological polar surface area (TPSA) is 33.3 Å². The van der Waals surface area contributed by atoms with Crippen molar-refractivity contribution in [3.05, 3.63) is 48.0 Å². The minimum Gasteiger partial charge on any atom is -0.355 e. The van der Waals surface area contributed by atoms with Crippen molar-refractivity contribution >= 4 is 10.8 Å². The van der Waals surface area contributed by atoms with Crippen LogP contribution in [-0.2, 0) is 10.5 Å². The molecule has 1 atom stereocenters. The Balaban J connectivity index is 2.14. The molecule has 0 aliphatic carbocycles. The van der Waals surface area contributed by atoms with Gasteiger partial charge in [-0.05, 0) is 17.7 Å². The molecule has 0 saturated carbocycles. The lowest BCUT2D eigenvalue weighted by Crippen LogP contribution is -2.58. The molecule has 0 bridgehead atoms. The van der Waals surface area contributed by atoms with Crippen molar-refractivity contribution in [2.45, 2.75) is 12.6 Å². The first-order valence-corrected chi connectivity index (χ1v) is 6.94. The lowest BCUT2D eigenvalue weighted by Gasteiger charge is -2.39. The van der Waals surface area contributed by atoms with E-state index in [0.29, 0.717) is 6.61 Å². The Kier molecular flexibility index (Phi) is 3.51. The normalized spacial score (nSPS) is 23.6. The maximum absolute atomic E-state index is 6.09. The largest absolute Gasteiger partial charge is 0.355 e. The second kappa shape index (κ2) is 5.29. The molecule has 1 fully saturated rings. The number of piperazine rings is 1. The fourth-order valence-electron chi connectivity index (χ4n) is 2.87. The van der Waals surface area contributed by atoms with Gasteiger partial charge in [-0.15, -0.1) is 0 Å². The third-order valence-corrected chi connectivity index (χ3v) is 3.70. The Hall–Kier alpha value is -1.42. The molecule has 2 N–H and O–H groups in total. The number of fused-ring (bicyclic) bond motifs is 1. The Morgan fingerprint density at radius 1 is 1.11 bits per heavy atom. The van der Waals surface area contributed by atoms with E-state index in [0.717, 1.165) is 19.6 Å². The number of hydrogen-bond acceptors (Lipinski definition) is 3. The molecule has 1 saturated heterocycles. The summed E-state index contributed by atoms with van der Waals surface area (Å²) in [7, 11) is 0. The van der Waals surface area contributed by atoms with E-state index in [1.807, 2.05) is 6.92 Å². The third-order valence-electron chi connectivity index (χ3n) is 3.70. The van der Waals surface area contributed by atoms with Crippen molar-refractivity contribution in [1.82, 2.24) is 10.6 Å². The standard InChI is InChI=1S/C16H20N2O/c1-2-19-16(12-17-10-11-18-16)15-9-5-7-13-6-3-4-8-14(13)15/h3-9,17-18H,2,10-12H2,1H3. The van der Waals surface area contributed by atoms with E-state index in [1.54, 1.807) is 0 Å². The molecule has 1 heterocycles. The van der Waals surface area contributed by atoms with Crippen LogP contribution in [-0.4, -0.2) is 26.2 Å². The van der Waals surface area contributed by atoms with Crippen LogP contribution >= 0.6 is 0 Å². The number of benzene rings is 2.